The van der Waals surface area contributed by atoms with Crippen molar-refractivity contribution in [3.05, 3.63) is 60.6 Å². The Morgan fingerprint density at radius 1 is 1.30 bits per heavy atom. The minimum Gasteiger partial charge on any atom is -0.493 e. The number of hydrogen-bond acceptors (Lipinski definition) is 4. The summed E-state index contributed by atoms with van der Waals surface area (Å²) < 4.78 is 23.0. The molecule has 2 aliphatic rings. The fourth-order valence-electron chi connectivity index (χ4n) is 2.41. The van der Waals surface area contributed by atoms with Crippen molar-refractivity contribution < 1.29 is 18.9 Å². The van der Waals surface area contributed by atoms with Gasteiger partial charge in [0.25, 0.3) is 0 Å². The van der Waals surface area contributed by atoms with Gasteiger partial charge in [-0.15, -0.1) is 0 Å². The number of allylic oxidation sites excluding steroid dienone is 1. The van der Waals surface area contributed by atoms with Crippen molar-refractivity contribution >= 4 is 0 Å². The van der Waals surface area contributed by atoms with Crippen molar-refractivity contribution in [2.75, 3.05) is 6.61 Å². The number of benzene rings is 1. The smallest absolute Gasteiger partial charge is 0.184 e. The summed E-state index contributed by atoms with van der Waals surface area (Å²) in [5.74, 6) is 0.659. The van der Waals surface area contributed by atoms with Crippen LogP contribution in [0, 0.1) is 0 Å². The number of hydrogen-bond donors (Lipinski definition) is 0. The van der Waals surface area contributed by atoms with Gasteiger partial charge in [0, 0.05) is 5.56 Å². The van der Waals surface area contributed by atoms with E-state index in [-0.39, 0.29) is 24.6 Å². The van der Waals surface area contributed by atoms with E-state index in [0.717, 1.165) is 5.56 Å². The van der Waals surface area contributed by atoms with Crippen LogP contribution in [-0.4, -0.2) is 24.9 Å². The van der Waals surface area contributed by atoms with Crippen LogP contribution in [0.4, 0.5) is 0 Å². The lowest BCUT2D eigenvalue weighted by atomic mass is 10.0. The van der Waals surface area contributed by atoms with E-state index in [1.54, 1.807) is 6.26 Å². The number of rotatable bonds is 3. The van der Waals surface area contributed by atoms with Gasteiger partial charge in [-0.05, 0) is 13.0 Å². The van der Waals surface area contributed by atoms with Gasteiger partial charge in [0.15, 0.2) is 12.4 Å². The quantitative estimate of drug-likeness (QED) is 0.794. The van der Waals surface area contributed by atoms with Gasteiger partial charge in [-0.2, -0.15) is 0 Å². The maximum absolute atomic E-state index is 6.03. The van der Waals surface area contributed by atoms with Crippen LogP contribution >= 0.6 is 0 Å². The van der Waals surface area contributed by atoms with E-state index in [9.17, 15) is 0 Å². The molecule has 4 atom stereocenters. The molecule has 0 radical (unpaired) electrons. The topological polar surface area (TPSA) is 36.9 Å². The Bertz CT molecular complexity index is 496. The van der Waals surface area contributed by atoms with E-state index >= 15 is 0 Å². The maximum atomic E-state index is 6.03. The Hall–Kier alpha value is -1.78. The average Bonchev–Trinajstić information content (AvgIpc) is 2.47. The van der Waals surface area contributed by atoms with Crippen LogP contribution < -0.4 is 0 Å². The van der Waals surface area contributed by atoms with E-state index in [0.29, 0.717) is 12.4 Å². The van der Waals surface area contributed by atoms with Crippen LogP contribution in [0.3, 0.4) is 0 Å². The van der Waals surface area contributed by atoms with Crippen LogP contribution in [0.15, 0.2) is 55.0 Å². The first-order valence-electron chi connectivity index (χ1n) is 6.70. The molecular weight excluding hydrogens is 256 g/mol. The van der Waals surface area contributed by atoms with E-state index < -0.39 is 0 Å². The molecule has 1 fully saturated rings. The minimum absolute atomic E-state index is 0.149. The summed E-state index contributed by atoms with van der Waals surface area (Å²) in [4.78, 5) is 0. The first-order valence-corrected chi connectivity index (χ1v) is 6.70. The highest BCUT2D eigenvalue weighted by molar-refractivity contribution is 5.17. The lowest BCUT2D eigenvalue weighted by Gasteiger charge is -2.40. The van der Waals surface area contributed by atoms with Crippen LogP contribution in [0.25, 0.3) is 0 Å². The van der Waals surface area contributed by atoms with Gasteiger partial charge >= 0.3 is 0 Å². The SMILES string of the molecule is C=C(C)O[C@H]1C=CO[C@@H]2CO[C@@H](c3ccccc3)O[C@@H]12. The molecule has 0 unspecified atom stereocenters. The second kappa shape index (κ2) is 5.69. The lowest BCUT2D eigenvalue weighted by molar-refractivity contribution is -0.277. The Morgan fingerprint density at radius 2 is 2.10 bits per heavy atom. The molecule has 20 heavy (non-hydrogen) atoms. The van der Waals surface area contributed by atoms with Crippen LogP contribution in [0.1, 0.15) is 18.8 Å². The monoisotopic (exact) mass is 274 g/mol. The predicted octanol–water partition coefficient (Wildman–Crippen LogP) is 2.93. The van der Waals surface area contributed by atoms with Crippen molar-refractivity contribution in [2.24, 2.45) is 0 Å². The highest BCUT2D eigenvalue weighted by atomic mass is 16.7. The highest BCUT2D eigenvalue weighted by Crippen LogP contribution is 2.32. The molecule has 0 N–H and O–H groups in total. The summed E-state index contributed by atoms with van der Waals surface area (Å²) in [5.41, 5.74) is 0.995. The molecule has 2 aliphatic heterocycles. The zero-order valence-electron chi connectivity index (χ0n) is 11.4. The fourth-order valence-corrected chi connectivity index (χ4v) is 2.41. The normalized spacial score (nSPS) is 32.0. The van der Waals surface area contributed by atoms with E-state index in [1.807, 2.05) is 43.3 Å². The standard InChI is InChI=1S/C16H18O4/c1-11(2)19-13-8-9-17-14-10-18-16(20-15(13)14)12-6-4-3-5-7-12/h3-9,13-16H,1,10H2,2H3/t13-,14+,15-,16+/m0/s1. The molecule has 0 bridgehead atoms. The molecule has 1 aromatic carbocycles. The number of fused-ring (bicyclic) bond motifs is 1. The third-order valence-corrected chi connectivity index (χ3v) is 3.31. The summed E-state index contributed by atoms with van der Waals surface area (Å²) in [6, 6.07) is 9.87. The van der Waals surface area contributed by atoms with Gasteiger partial charge in [-0.25, -0.2) is 0 Å². The van der Waals surface area contributed by atoms with Gasteiger partial charge in [0.1, 0.15) is 12.2 Å². The summed E-state index contributed by atoms with van der Waals surface area (Å²) in [6.45, 7) is 6.08. The van der Waals surface area contributed by atoms with Crippen molar-refractivity contribution in [1.82, 2.24) is 0 Å². The summed E-state index contributed by atoms with van der Waals surface area (Å²) >= 11 is 0. The molecule has 0 aliphatic carbocycles. The van der Waals surface area contributed by atoms with Gasteiger partial charge in [0.2, 0.25) is 0 Å². The Kier molecular flexibility index (Phi) is 3.76. The molecule has 0 amide bonds. The zero-order valence-corrected chi connectivity index (χ0v) is 11.4. The largest absolute Gasteiger partial charge is 0.493 e. The summed E-state index contributed by atoms with van der Waals surface area (Å²) in [5, 5.41) is 0. The Balaban J connectivity index is 1.76. The molecule has 1 saturated heterocycles. The first kappa shape index (κ1) is 13.2. The molecular formula is C16H18O4. The molecule has 4 nitrogen and oxygen atoms in total. The molecule has 1 aromatic rings. The van der Waals surface area contributed by atoms with Crippen molar-refractivity contribution in [2.45, 2.75) is 31.5 Å². The Labute approximate surface area is 118 Å². The predicted molar refractivity (Wildman–Crippen MR) is 73.7 cm³/mol. The van der Waals surface area contributed by atoms with Gasteiger partial charge < -0.3 is 18.9 Å². The van der Waals surface area contributed by atoms with E-state index in [2.05, 4.69) is 6.58 Å². The van der Waals surface area contributed by atoms with Gasteiger partial charge in [-0.3, -0.25) is 0 Å². The van der Waals surface area contributed by atoms with Crippen molar-refractivity contribution in [1.29, 1.82) is 0 Å². The fraction of sp³-hybridized carbons (Fsp3) is 0.375. The third kappa shape index (κ3) is 2.71. The average molecular weight is 274 g/mol. The van der Waals surface area contributed by atoms with Gasteiger partial charge in [-0.1, -0.05) is 36.9 Å². The second-order valence-electron chi connectivity index (χ2n) is 4.96. The number of ether oxygens (including phenoxy) is 4. The first-order chi connectivity index (χ1) is 9.74. The van der Waals surface area contributed by atoms with Crippen molar-refractivity contribution in [3.8, 4) is 0 Å². The summed E-state index contributed by atoms with van der Waals surface area (Å²) in [7, 11) is 0. The molecule has 0 aromatic heterocycles. The summed E-state index contributed by atoms with van der Waals surface area (Å²) in [6.07, 6.45) is 2.57. The molecule has 3 rings (SSSR count). The maximum Gasteiger partial charge on any atom is 0.184 e. The van der Waals surface area contributed by atoms with Gasteiger partial charge in [0.05, 0.1) is 18.6 Å². The molecule has 106 valence electrons. The van der Waals surface area contributed by atoms with Crippen molar-refractivity contribution in [3.63, 3.8) is 0 Å². The second-order valence-corrected chi connectivity index (χ2v) is 4.96. The minimum atomic E-state index is -0.385. The Morgan fingerprint density at radius 3 is 2.85 bits per heavy atom. The third-order valence-electron chi connectivity index (χ3n) is 3.31. The van der Waals surface area contributed by atoms with Crippen LogP contribution in [0.2, 0.25) is 0 Å². The zero-order chi connectivity index (χ0) is 13.9. The molecule has 4 heteroatoms. The van der Waals surface area contributed by atoms with Crippen LogP contribution in [-0.2, 0) is 18.9 Å². The van der Waals surface area contributed by atoms with E-state index in [1.165, 1.54) is 0 Å². The molecule has 2 heterocycles. The molecule has 0 spiro atoms. The molecule has 0 saturated carbocycles. The van der Waals surface area contributed by atoms with E-state index in [4.69, 9.17) is 18.9 Å². The highest BCUT2D eigenvalue weighted by Gasteiger charge is 2.41. The van der Waals surface area contributed by atoms with Crippen LogP contribution in [0.5, 0.6) is 0 Å². The lowest BCUT2D eigenvalue weighted by Crippen LogP contribution is -2.50.